The van der Waals surface area contributed by atoms with E-state index in [0.717, 1.165) is 28.3 Å². The molecule has 2 aromatic rings. The van der Waals surface area contributed by atoms with Gasteiger partial charge in [-0.25, -0.2) is 14.4 Å². The Labute approximate surface area is 121 Å². The van der Waals surface area contributed by atoms with Gasteiger partial charge in [0.2, 0.25) is 0 Å². The molecule has 92 valence electrons. The summed E-state index contributed by atoms with van der Waals surface area (Å²) in [6.45, 7) is 0. The monoisotopic (exact) mass is 344 g/mol. The molecule has 0 N–H and O–H groups in total. The van der Waals surface area contributed by atoms with Crippen LogP contribution >= 0.6 is 39.3 Å². The predicted octanol–water partition coefficient (Wildman–Crippen LogP) is 4.45. The van der Waals surface area contributed by atoms with Gasteiger partial charge in [0.15, 0.2) is 5.82 Å². The van der Waals surface area contributed by atoms with Crippen molar-refractivity contribution in [1.82, 2.24) is 9.97 Å². The van der Waals surface area contributed by atoms with E-state index >= 15 is 0 Å². The summed E-state index contributed by atoms with van der Waals surface area (Å²) in [5.41, 5.74) is 2.76. The van der Waals surface area contributed by atoms with Gasteiger partial charge in [-0.1, -0.05) is 11.6 Å². The molecule has 0 unspecified atom stereocenters. The number of nitrogens with zero attached hydrogens (tertiary/aromatic N) is 2. The molecular formula is C12H7BrClFN2S. The maximum Gasteiger partial charge on any atom is 0.161 e. The van der Waals surface area contributed by atoms with Gasteiger partial charge in [-0.2, -0.15) is 11.8 Å². The van der Waals surface area contributed by atoms with Crippen LogP contribution in [0.2, 0.25) is 5.15 Å². The van der Waals surface area contributed by atoms with Gasteiger partial charge in [-0.15, -0.1) is 0 Å². The van der Waals surface area contributed by atoms with Crippen molar-refractivity contribution in [1.29, 1.82) is 0 Å². The summed E-state index contributed by atoms with van der Waals surface area (Å²) >= 11 is 11.1. The number of rotatable bonds is 1. The standard InChI is InChI=1S/C12H7BrClFN2S/c13-8-3-6(1-2-9(8)15)12-16-10-5-18-4-7(10)11(14)17-12/h1-3H,4-5H2. The van der Waals surface area contributed by atoms with Gasteiger partial charge in [0.1, 0.15) is 11.0 Å². The van der Waals surface area contributed by atoms with Crippen molar-refractivity contribution in [2.75, 3.05) is 0 Å². The van der Waals surface area contributed by atoms with Gasteiger partial charge in [0.25, 0.3) is 0 Å². The Hall–Kier alpha value is -0.650. The maximum atomic E-state index is 13.2. The molecule has 0 radical (unpaired) electrons. The number of benzene rings is 1. The summed E-state index contributed by atoms with van der Waals surface area (Å²) in [5, 5.41) is 0.500. The zero-order chi connectivity index (χ0) is 12.7. The van der Waals surface area contributed by atoms with Gasteiger partial charge in [0, 0.05) is 22.6 Å². The molecule has 1 aromatic heterocycles. The van der Waals surface area contributed by atoms with Crippen LogP contribution in [0.25, 0.3) is 11.4 Å². The predicted molar refractivity (Wildman–Crippen MR) is 75.1 cm³/mol. The molecule has 0 saturated carbocycles. The van der Waals surface area contributed by atoms with Crippen molar-refractivity contribution in [3.63, 3.8) is 0 Å². The average molecular weight is 346 g/mol. The first-order valence-corrected chi connectivity index (χ1v) is 7.56. The molecule has 0 spiro atoms. The molecule has 1 aliphatic rings. The minimum Gasteiger partial charge on any atom is -0.232 e. The van der Waals surface area contributed by atoms with Crippen molar-refractivity contribution in [2.45, 2.75) is 11.5 Å². The topological polar surface area (TPSA) is 25.8 Å². The Bertz CT molecular complexity index is 636. The van der Waals surface area contributed by atoms with Gasteiger partial charge in [-0.05, 0) is 34.1 Å². The zero-order valence-electron chi connectivity index (χ0n) is 9.08. The lowest BCUT2D eigenvalue weighted by Gasteiger charge is -2.06. The number of aromatic nitrogens is 2. The fourth-order valence-electron chi connectivity index (χ4n) is 1.78. The van der Waals surface area contributed by atoms with Crippen molar-refractivity contribution in [3.8, 4) is 11.4 Å². The maximum absolute atomic E-state index is 13.2. The van der Waals surface area contributed by atoms with Crippen LogP contribution in [0, 0.1) is 5.82 Å². The Kier molecular flexibility index (Phi) is 3.30. The molecule has 2 nitrogen and oxygen atoms in total. The van der Waals surface area contributed by atoms with Crippen molar-refractivity contribution < 1.29 is 4.39 Å². The van der Waals surface area contributed by atoms with Crippen LogP contribution in [-0.4, -0.2) is 9.97 Å². The van der Waals surface area contributed by atoms with Crippen molar-refractivity contribution >= 4 is 39.3 Å². The van der Waals surface area contributed by atoms with Gasteiger partial charge >= 0.3 is 0 Å². The lowest BCUT2D eigenvalue weighted by atomic mass is 10.2. The van der Waals surface area contributed by atoms with Crippen LogP contribution in [0.5, 0.6) is 0 Å². The van der Waals surface area contributed by atoms with E-state index in [9.17, 15) is 4.39 Å². The van der Waals surface area contributed by atoms with Crippen LogP contribution in [-0.2, 0) is 11.5 Å². The Balaban J connectivity index is 2.12. The largest absolute Gasteiger partial charge is 0.232 e. The highest BCUT2D eigenvalue weighted by molar-refractivity contribution is 9.10. The van der Waals surface area contributed by atoms with Crippen LogP contribution in [0.3, 0.4) is 0 Å². The minimum atomic E-state index is -0.304. The molecule has 1 aliphatic heterocycles. The van der Waals surface area contributed by atoms with Gasteiger partial charge in [0.05, 0.1) is 10.2 Å². The molecule has 1 aromatic carbocycles. The first-order valence-electron chi connectivity index (χ1n) is 5.23. The van der Waals surface area contributed by atoms with Gasteiger partial charge in [-0.3, -0.25) is 0 Å². The first-order chi connectivity index (χ1) is 8.65. The molecule has 6 heteroatoms. The highest BCUT2D eigenvalue weighted by atomic mass is 79.9. The Morgan fingerprint density at radius 2 is 2.11 bits per heavy atom. The lowest BCUT2D eigenvalue weighted by molar-refractivity contribution is 0.621. The van der Waals surface area contributed by atoms with E-state index in [2.05, 4.69) is 25.9 Å². The summed E-state index contributed by atoms with van der Waals surface area (Å²) in [5.74, 6) is 1.96. The summed E-state index contributed by atoms with van der Waals surface area (Å²) in [7, 11) is 0. The number of hydrogen-bond acceptors (Lipinski definition) is 3. The van der Waals surface area contributed by atoms with E-state index in [4.69, 9.17) is 11.6 Å². The van der Waals surface area contributed by atoms with Crippen LogP contribution in [0.4, 0.5) is 4.39 Å². The second kappa shape index (κ2) is 4.79. The molecule has 0 saturated heterocycles. The number of fused-ring (bicyclic) bond motifs is 1. The third kappa shape index (κ3) is 2.15. The highest BCUT2D eigenvalue weighted by Gasteiger charge is 2.19. The quantitative estimate of drug-likeness (QED) is 0.714. The minimum absolute atomic E-state index is 0.304. The third-order valence-corrected chi connectivity index (χ3v) is 4.60. The number of thioether (sulfide) groups is 1. The number of hydrogen-bond donors (Lipinski definition) is 0. The summed E-state index contributed by atoms with van der Waals surface area (Å²) in [6.07, 6.45) is 0. The molecule has 2 heterocycles. The zero-order valence-corrected chi connectivity index (χ0v) is 12.2. The van der Waals surface area contributed by atoms with Crippen molar-refractivity contribution in [3.05, 3.63) is 44.9 Å². The van der Waals surface area contributed by atoms with Crippen LogP contribution in [0.15, 0.2) is 22.7 Å². The second-order valence-corrected chi connectivity index (χ2v) is 6.08. The van der Waals surface area contributed by atoms with E-state index < -0.39 is 0 Å². The van der Waals surface area contributed by atoms with E-state index in [0.29, 0.717) is 15.5 Å². The van der Waals surface area contributed by atoms with Gasteiger partial charge < -0.3 is 0 Å². The third-order valence-electron chi connectivity index (χ3n) is 2.71. The molecule has 0 bridgehead atoms. The fraction of sp³-hybridized carbons (Fsp3) is 0.167. The lowest BCUT2D eigenvalue weighted by Crippen LogP contribution is -1.97. The smallest absolute Gasteiger partial charge is 0.161 e. The van der Waals surface area contributed by atoms with Crippen molar-refractivity contribution in [2.24, 2.45) is 0 Å². The molecule has 18 heavy (non-hydrogen) atoms. The molecule has 0 atom stereocenters. The van der Waals surface area contributed by atoms with Crippen LogP contribution in [0.1, 0.15) is 11.3 Å². The van der Waals surface area contributed by atoms with Crippen LogP contribution < -0.4 is 0 Å². The molecule has 0 amide bonds. The highest BCUT2D eigenvalue weighted by Crippen LogP contribution is 2.34. The molecule has 0 aliphatic carbocycles. The molecular weight excluding hydrogens is 339 g/mol. The summed E-state index contributed by atoms with van der Waals surface area (Å²) in [4.78, 5) is 8.78. The Morgan fingerprint density at radius 3 is 2.89 bits per heavy atom. The average Bonchev–Trinajstić information content (AvgIpc) is 2.81. The van der Waals surface area contributed by atoms with E-state index in [1.165, 1.54) is 6.07 Å². The molecule has 0 fully saturated rings. The summed E-state index contributed by atoms with van der Waals surface area (Å²) < 4.78 is 13.6. The van der Waals surface area contributed by atoms with E-state index in [1.807, 2.05) is 0 Å². The second-order valence-electron chi connectivity index (χ2n) is 3.88. The van der Waals surface area contributed by atoms with E-state index in [-0.39, 0.29) is 5.82 Å². The first kappa shape index (κ1) is 12.4. The fourth-order valence-corrected chi connectivity index (χ4v) is 3.53. The molecule has 3 rings (SSSR count). The summed E-state index contributed by atoms with van der Waals surface area (Å²) in [6, 6.07) is 4.70. The Morgan fingerprint density at radius 1 is 1.28 bits per heavy atom. The SMILES string of the molecule is Fc1ccc(-c2nc(Cl)c3c(n2)CSC3)cc1Br. The normalized spacial score (nSPS) is 13.7. The number of halogens is 3. The van der Waals surface area contributed by atoms with E-state index in [1.54, 1.807) is 23.9 Å².